The quantitative estimate of drug-likeness (QED) is 0.744. The van der Waals surface area contributed by atoms with Crippen LogP contribution < -0.4 is 0 Å². The molecule has 3 rings (SSSR count). The number of hydrogen-bond acceptors (Lipinski definition) is 4. The van der Waals surface area contributed by atoms with E-state index in [2.05, 4.69) is 5.10 Å². The number of piperazine rings is 1. The molecule has 0 N–H and O–H groups in total. The Hall–Kier alpha value is -2.19. The van der Waals surface area contributed by atoms with Crippen molar-refractivity contribution in [2.75, 3.05) is 26.2 Å². The second-order valence-corrected chi connectivity index (χ2v) is 10.0. The zero-order chi connectivity index (χ0) is 22.4. The molecule has 1 aromatic carbocycles. The van der Waals surface area contributed by atoms with E-state index in [-0.39, 0.29) is 19.0 Å². The zero-order valence-corrected chi connectivity index (χ0v) is 19.9. The number of hydrogen-bond donors (Lipinski definition) is 0. The Morgan fingerprint density at radius 2 is 1.40 bits per heavy atom. The molecule has 0 spiro atoms. The molecule has 1 aliphatic rings. The largest absolute Gasteiger partial charge is 0.335 e. The van der Waals surface area contributed by atoms with Crippen molar-refractivity contribution >= 4 is 15.9 Å². The van der Waals surface area contributed by atoms with E-state index in [4.69, 9.17) is 0 Å². The maximum absolute atomic E-state index is 13.5. The predicted molar refractivity (Wildman–Crippen MR) is 117 cm³/mol. The van der Waals surface area contributed by atoms with E-state index < -0.39 is 10.0 Å². The van der Waals surface area contributed by atoms with Gasteiger partial charge in [0.05, 0.1) is 10.6 Å². The number of rotatable bonds is 4. The number of sulfonamides is 1. The lowest BCUT2D eigenvalue weighted by Crippen LogP contribution is -2.51. The van der Waals surface area contributed by atoms with Crippen LogP contribution in [-0.4, -0.2) is 59.5 Å². The lowest BCUT2D eigenvalue weighted by atomic mass is 9.95. The van der Waals surface area contributed by atoms with Gasteiger partial charge in [-0.3, -0.25) is 9.48 Å². The first kappa shape index (κ1) is 22.5. The van der Waals surface area contributed by atoms with Gasteiger partial charge >= 0.3 is 0 Å². The van der Waals surface area contributed by atoms with Crippen LogP contribution in [0.3, 0.4) is 0 Å². The van der Waals surface area contributed by atoms with Crippen LogP contribution in [0, 0.1) is 41.5 Å². The van der Waals surface area contributed by atoms with Crippen LogP contribution in [0.1, 0.15) is 50.9 Å². The monoisotopic (exact) mass is 432 g/mol. The molecule has 1 aromatic heterocycles. The summed E-state index contributed by atoms with van der Waals surface area (Å²) in [7, 11) is -3.63. The summed E-state index contributed by atoms with van der Waals surface area (Å²) < 4.78 is 30.2. The van der Waals surface area contributed by atoms with E-state index in [9.17, 15) is 13.2 Å². The number of aryl methyl sites for hydroxylation is 2. The summed E-state index contributed by atoms with van der Waals surface area (Å²) in [5, 5.41) is 4.34. The first-order valence-electron chi connectivity index (χ1n) is 10.4. The van der Waals surface area contributed by atoms with Crippen molar-refractivity contribution in [1.82, 2.24) is 19.0 Å². The second-order valence-electron chi connectivity index (χ2n) is 8.14. The zero-order valence-electron chi connectivity index (χ0n) is 19.0. The molecule has 0 atom stereocenters. The van der Waals surface area contributed by atoms with Crippen molar-refractivity contribution < 1.29 is 13.2 Å². The van der Waals surface area contributed by atoms with Crippen molar-refractivity contribution in [3.63, 3.8) is 0 Å². The van der Waals surface area contributed by atoms with Crippen molar-refractivity contribution in [2.45, 2.75) is 59.9 Å². The van der Waals surface area contributed by atoms with Gasteiger partial charge in [0.2, 0.25) is 10.0 Å². The molecule has 1 fully saturated rings. The molecular formula is C22H32N4O3S. The molecule has 1 amide bonds. The van der Waals surface area contributed by atoms with Crippen molar-refractivity contribution in [3.05, 3.63) is 45.3 Å². The van der Waals surface area contributed by atoms with Crippen LogP contribution in [0.25, 0.3) is 0 Å². The Labute approximate surface area is 179 Å². The molecule has 0 saturated carbocycles. The fourth-order valence-corrected chi connectivity index (χ4v) is 6.22. The number of amides is 1. The van der Waals surface area contributed by atoms with Gasteiger partial charge in [0, 0.05) is 32.7 Å². The van der Waals surface area contributed by atoms with Crippen LogP contribution in [0.15, 0.2) is 11.0 Å². The summed E-state index contributed by atoms with van der Waals surface area (Å²) in [5.74, 6) is -0.0936. The molecule has 8 heteroatoms. The standard InChI is InChI=1S/C22H32N4O3S/c1-8-26-20(13-14(2)23-26)22(27)24-9-11-25(12-10-24)30(28,29)21-18(6)16(4)15(3)17(5)19(21)7/h13H,8-12H2,1-7H3. The maximum atomic E-state index is 13.5. The van der Waals surface area contributed by atoms with Crippen LogP contribution in [0.2, 0.25) is 0 Å². The van der Waals surface area contributed by atoms with Gasteiger partial charge in [-0.25, -0.2) is 8.42 Å². The minimum atomic E-state index is -3.63. The highest BCUT2D eigenvalue weighted by atomic mass is 32.2. The second kappa shape index (κ2) is 8.15. The topological polar surface area (TPSA) is 75.5 Å². The third-order valence-corrected chi connectivity index (χ3v) is 8.65. The molecule has 2 aromatic rings. The van der Waals surface area contributed by atoms with E-state index in [0.29, 0.717) is 30.2 Å². The van der Waals surface area contributed by atoms with Crippen molar-refractivity contribution in [1.29, 1.82) is 0 Å². The summed E-state index contributed by atoms with van der Waals surface area (Å²) >= 11 is 0. The summed E-state index contributed by atoms with van der Waals surface area (Å²) in [6.07, 6.45) is 0. The van der Waals surface area contributed by atoms with Gasteiger partial charge in [-0.15, -0.1) is 0 Å². The van der Waals surface area contributed by atoms with Gasteiger partial charge in [-0.05, 0) is 82.3 Å². The molecule has 0 radical (unpaired) electrons. The molecule has 0 bridgehead atoms. The highest BCUT2D eigenvalue weighted by Gasteiger charge is 2.34. The Bertz CT molecular complexity index is 1070. The molecule has 2 heterocycles. The van der Waals surface area contributed by atoms with Gasteiger partial charge in [-0.2, -0.15) is 9.40 Å². The average Bonchev–Trinajstić information content (AvgIpc) is 3.11. The van der Waals surface area contributed by atoms with Crippen LogP contribution in [0.4, 0.5) is 0 Å². The average molecular weight is 433 g/mol. The number of carbonyl (C=O) groups excluding carboxylic acids is 1. The summed E-state index contributed by atoms with van der Waals surface area (Å²) in [4.78, 5) is 15.1. The van der Waals surface area contributed by atoms with E-state index >= 15 is 0 Å². The predicted octanol–water partition coefficient (Wildman–Crippen LogP) is 2.90. The summed E-state index contributed by atoms with van der Waals surface area (Å²) in [5.41, 5.74) is 6.18. The van der Waals surface area contributed by atoms with E-state index in [1.807, 2.05) is 48.5 Å². The van der Waals surface area contributed by atoms with Crippen LogP contribution >= 0.6 is 0 Å². The smallest absolute Gasteiger partial charge is 0.272 e. The third-order valence-electron chi connectivity index (χ3n) is 6.48. The Morgan fingerprint density at radius 3 is 1.90 bits per heavy atom. The highest BCUT2D eigenvalue weighted by Crippen LogP contribution is 2.32. The highest BCUT2D eigenvalue weighted by molar-refractivity contribution is 7.89. The van der Waals surface area contributed by atoms with Gasteiger partial charge in [0.25, 0.3) is 5.91 Å². The lowest BCUT2D eigenvalue weighted by Gasteiger charge is -2.35. The van der Waals surface area contributed by atoms with E-state index in [0.717, 1.165) is 33.5 Å². The summed E-state index contributed by atoms with van der Waals surface area (Å²) in [6.45, 7) is 15.5. The van der Waals surface area contributed by atoms with E-state index in [1.165, 1.54) is 4.31 Å². The van der Waals surface area contributed by atoms with Gasteiger partial charge < -0.3 is 4.90 Å². The van der Waals surface area contributed by atoms with E-state index in [1.54, 1.807) is 15.6 Å². The molecular weight excluding hydrogens is 400 g/mol. The minimum Gasteiger partial charge on any atom is -0.335 e. The first-order valence-corrected chi connectivity index (χ1v) is 11.9. The summed E-state index contributed by atoms with van der Waals surface area (Å²) in [6, 6.07) is 1.79. The molecule has 1 saturated heterocycles. The normalized spacial score (nSPS) is 15.6. The molecule has 164 valence electrons. The number of carbonyl (C=O) groups is 1. The van der Waals surface area contributed by atoms with Crippen LogP contribution in [-0.2, 0) is 16.6 Å². The molecule has 0 aliphatic carbocycles. The van der Waals surface area contributed by atoms with Crippen LogP contribution in [0.5, 0.6) is 0 Å². The Kier molecular flexibility index (Phi) is 6.11. The fraction of sp³-hybridized carbons (Fsp3) is 0.545. The number of benzene rings is 1. The molecule has 1 aliphatic heterocycles. The lowest BCUT2D eigenvalue weighted by molar-refractivity contribution is 0.0685. The third kappa shape index (κ3) is 3.67. The van der Waals surface area contributed by atoms with Gasteiger partial charge in [0.15, 0.2) is 0 Å². The SMILES string of the molecule is CCn1nc(C)cc1C(=O)N1CCN(S(=O)(=O)c2c(C)c(C)c(C)c(C)c2C)CC1. The molecule has 7 nitrogen and oxygen atoms in total. The van der Waals surface area contributed by atoms with Crippen molar-refractivity contribution in [3.8, 4) is 0 Å². The number of aromatic nitrogens is 2. The Balaban J connectivity index is 1.84. The molecule has 30 heavy (non-hydrogen) atoms. The Morgan fingerprint density at radius 1 is 0.900 bits per heavy atom. The number of nitrogens with zero attached hydrogens (tertiary/aromatic N) is 4. The maximum Gasteiger partial charge on any atom is 0.272 e. The van der Waals surface area contributed by atoms with Crippen molar-refractivity contribution in [2.24, 2.45) is 0 Å². The molecule has 0 unspecified atom stereocenters. The first-order chi connectivity index (χ1) is 14.0. The van der Waals surface area contributed by atoms with Gasteiger partial charge in [0.1, 0.15) is 5.69 Å². The fourth-order valence-electron chi connectivity index (χ4n) is 4.23. The minimum absolute atomic E-state index is 0.0936. The van der Waals surface area contributed by atoms with Gasteiger partial charge in [-0.1, -0.05) is 0 Å².